The summed E-state index contributed by atoms with van der Waals surface area (Å²) >= 11 is 0. The van der Waals surface area contributed by atoms with Crippen LogP contribution in [0.2, 0.25) is 0 Å². The molecular weight excluding hydrogens is 472 g/mol. The molecular formula is C28H28N4O5. The maximum Gasteiger partial charge on any atom is 0.341 e. The van der Waals surface area contributed by atoms with Crippen LogP contribution in [0.15, 0.2) is 70.6 Å². The largest absolute Gasteiger partial charge is 0.462 e. The Kier molecular flexibility index (Phi) is 7.23. The first-order chi connectivity index (χ1) is 18.0. The highest BCUT2D eigenvalue weighted by Crippen LogP contribution is 2.17. The van der Waals surface area contributed by atoms with Gasteiger partial charge in [0.15, 0.2) is 5.49 Å². The van der Waals surface area contributed by atoms with E-state index in [-0.39, 0.29) is 47.0 Å². The van der Waals surface area contributed by atoms with Gasteiger partial charge in [0.2, 0.25) is 5.91 Å². The maximum absolute atomic E-state index is 13.4. The Balaban J connectivity index is 1.72. The van der Waals surface area contributed by atoms with Crippen LogP contribution in [0.4, 0.5) is 0 Å². The van der Waals surface area contributed by atoms with Crippen molar-refractivity contribution in [3.05, 3.63) is 87.8 Å². The van der Waals surface area contributed by atoms with Crippen molar-refractivity contribution >= 4 is 28.6 Å². The first-order valence-corrected chi connectivity index (χ1v) is 12.5. The Hall–Kier alpha value is -4.11. The fraction of sp³-hybridized carbons (Fsp3) is 0.321. The molecule has 1 fully saturated rings. The van der Waals surface area contributed by atoms with E-state index in [4.69, 9.17) is 14.5 Å². The zero-order valence-corrected chi connectivity index (χ0v) is 20.6. The van der Waals surface area contributed by atoms with Crippen molar-refractivity contribution in [2.24, 2.45) is 4.99 Å². The predicted octanol–water partition coefficient (Wildman–Crippen LogP) is 3.07. The van der Waals surface area contributed by atoms with Gasteiger partial charge in [-0.25, -0.2) is 9.78 Å². The molecule has 1 amide bonds. The fourth-order valence-corrected chi connectivity index (χ4v) is 4.59. The van der Waals surface area contributed by atoms with E-state index in [9.17, 15) is 14.4 Å². The number of hydrogen-bond acceptors (Lipinski definition) is 6. The van der Waals surface area contributed by atoms with Crippen molar-refractivity contribution in [3.8, 4) is 0 Å². The van der Waals surface area contributed by atoms with E-state index in [0.717, 1.165) is 18.4 Å². The van der Waals surface area contributed by atoms with Crippen LogP contribution < -0.4 is 11.0 Å². The van der Waals surface area contributed by atoms with E-state index in [2.05, 4.69) is 4.99 Å². The van der Waals surface area contributed by atoms with Crippen LogP contribution in [0.25, 0.3) is 16.7 Å². The molecule has 0 unspecified atom stereocenters. The Labute approximate surface area is 213 Å². The Morgan fingerprint density at radius 1 is 1.16 bits per heavy atom. The topological polar surface area (TPSA) is 104 Å². The van der Waals surface area contributed by atoms with Gasteiger partial charge in [-0.2, -0.15) is 4.99 Å². The van der Waals surface area contributed by atoms with Gasteiger partial charge < -0.3 is 14.0 Å². The lowest BCUT2D eigenvalue weighted by molar-refractivity contribution is -0.118. The van der Waals surface area contributed by atoms with Crippen LogP contribution in [0.1, 0.15) is 42.1 Å². The number of amides is 1. The number of nitrogens with zero attached hydrogens (tertiary/aromatic N) is 4. The SMILES string of the molecule is CCOC(=O)c1cc2c(=O)n3ccccc3nc2n(C[C@@H]2CCCO2)c1=NC(=O)CCc1ccccc1. The average Bonchev–Trinajstić information content (AvgIpc) is 3.43. The van der Waals surface area contributed by atoms with Gasteiger partial charge in [-0.05, 0) is 49.9 Å². The molecule has 0 radical (unpaired) electrons. The third kappa shape index (κ3) is 5.22. The summed E-state index contributed by atoms with van der Waals surface area (Å²) in [6.07, 6.45) is 3.87. The molecule has 37 heavy (non-hydrogen) atoms. The fourth-order valence-electron chi connectivity index (χ4n) is 4.59. The third-order valence-electron chi connectivity index (χ3n) is 6.40. The molecule has 5 rings (SSSR count). The summed E-state index contributed by atoms with van der Waals surface area (Å²) < 4.78 is 14.3. The highest BCUT2D eigenvalue weighted by molar-refractivity contribution is 5.93. The molecule has 0 spiro atoms. The predicted molar refractivity (Wildman–Crippen MR) is 137 cm³/mol. The summed E-state index contributed by atoms with van der Waals surface area (Å²) in [5.41, 5.74) is 1.67. The van der Waals surface area contributed by atoms with Gasteiger partial charge in [0.05, 0.1) is 24.6 Å². The highest BCUT2D eigenvalue weighted by atomic mass is 16.5. The van der Waals surface area contributed by atoms with Gasteiger partial charge >= 0.3 is 5.97 Å². The quantitative estimate of drug-likeness (QED) is 0.285. The van der Waals surface area contributed by atoms with E-state index in [1.165, 1.54) is 10.5 Å². The van der Waals surface area contributed by atoms with Crippen molar-refractivity contribution in [2.75, 3.05) is 13.2 Å². The molecule has 9 nitrogen and oxygen atoms in total. The second-order valence-corrected chi connectivity index (χ2v) is 8.92. The summed E-state index contributed by atoms with van der Waals surface area (Å²) in [6.45, 7) is 2.76. The number of aromatic nitrogens is 3. The Morgan fingerprint density at radius 3 is 2.73 bits per heavy atom. The molecule has 0 aliphatic carbocycles. The molecule has 0 bridgehead atoms. The van der Waals surface area contributed by atoms with Crippen LogP contribution in [0.3, 0.4) is 0 Å². The molecule has 0 N–H and O–H groups in total. The minimum Gasteiger partial charge on any atom is -0.462 e. The van der Waals surface area contributed by atoms with Crippen molar-refractivity contribution in [1.29, 1.82) is 0 Å². The molecule has 1 aliphatic heterocycles. The number of carbonyl (C=O) groups excluding carboxylic acids is 2. The van der Waals surface area contributed by atoms with E-state index in [0.29, 0.717) is 30.9 Å². The molecule has 1 aromatic carbocycles. The third-order valence-corrected chi connectivity index (χ3v) is 6.40. The van der Waals surface area contributed by atoms with Crippen molar-refractivity contribution in [2.45, 2.75) is 45.3 Å². The lowest BCUT2D eigenvalue weighted by Gasteiger charge is -2.18. The van der Waals surface area contributed by atoms with Crippen LogP contribution >= 0.6 is 0 Å². The van der Waals surface area contributed by atoms with Crippen molar-refractivity contribution in [3.63, 3.8) is 0 Å². The Bertz CT molecular complexity index is 1580. The smallest absolute Gasteiger partial charge is 0.341 e. The molecule has 4 aromatic rings. The van der Waals surface area contributed by atoms with Crippen molar-refractivity contribution in [1.82, 2.24) is 14.0 Å². The van der Waals surface area contributed by atoms with E-state index < -0.39 is 5.97 Å². The molecule has 4 heterocycles. The number of fused-ring (bicyclic) bond motifs is 2. The second-order valence-electron chi connectivity index (χ2n) is 8.92. The lowest BCUT2D eigenvalue weighted by atomic mass is 10.1. The summed E-state index contributed by atoms with van der Waals surface area (Å²) in [6, 6.07) is 16.4. The number of pyridine rings is 2. The first-order valence-electron chi connectivity index (χ1n) is 12.5. The van der Waals surface area contributed by atoms with Gasteiger partial charge in [0.1, 0.15) is 16.9 Å². The Morgan fingerprint density at radius 2 is 1.97 bits per heavy atom. The minimum atomic E-state index is -0.655. The second kappa shape index (κ2) is 10.9. The molecule has 190 valence electrons. The molecule has 3 aromatic heterocycles. The molecule has 1 saturated heterocycles. The standard InChI is InChI=1S/C28H28N4O5/c1-2-36-28(35)22-17-21-25(29-23-12-6-7-15-31(23)27(21)34)32(18-20-11-8-16-37-20)26(22)30-24(33)14-13-19-9-4-3-5-10-19/h3-7,9-10,12,15,17,20H,2,8,11,13-14,16,18H2,1H3/t20-/m0/s1. The maximum atomic E-state index is 13.4. The number of ether oxygens (including phenoxy) is 2. The zero-order chi connectivity index (χ0) is 25.8. The molecule has 9 heteroatoms. The monoisotopic (exact) mass is 500 g/mol. The number of carbonyl (C=O) groups is 2. The number of esters is 1. The lowest BCUT2D eigenvalue weighted by Crippen LogP contribution is -2.35. The van der Waals surface area contributed by atoms with Crippen molar-refractivity contribution < 1.29 is 19.1 Å². The van der Waals surface area contributed by atoms with Crippen LogP contribution in [-0.2, 0) is 27.2 Å². The van der Waals surface area contributed by atoms with E-state index >= 15 is 0 Å². The molecule has 0 saturated carbocycles. The van der Waals surface area contributed by atoms with Gasteiger partial charge in [-0.1, -0.05) is 36.4 Å². The number of rotatable bonds is 7. The number of benzene rings is 1. The summed E-state index contributed by atoms with van der Waals surface area (Å²) in [5.74, 6) is -1.04. The average molecular weight is 501 g/mol. The van der Waals surface area contributed by atoms with Gasteiger partial charge in [-0.15, -0.1) is 0 Å². The van der Waals surface area contributed by atoms with Crippen LogP contribution in [0.5, 0.6) is 0 Å². The molecule has 1 aliphatic rings. The summed E-state index contributed by atoms with van der Waals surface area (Å²) in [7, 11) is 0. The van der Waals surface area contributed by atoms with Gasteiger partial charge in [-0.3, -0.25) is 14.0 Å². The van der Waals surface area contributed by atoms with E-state index in [1.807, 2.05) is 30.3 Å². The zero-order valence-electron chi connectivity index (χ0n) is 20.6. The van der Waals surface area contributed by atoms with E-state index in [1.54, 1.807) is 35.9 Å². The van der Waals surface area contributed by atoms with Crippen LogP contribution in [0, 0.1) is 0 Å². The minimum absolute atomic E-state index is 0.0511. The first kappa shape index (κ1) is 24.6. The number of aryl methyl sites for hydroxylation is 1. The number of hydrogen-bond donors (Lipinski definition) is 0. The van der Waals surface area contributed by atoms with Gasteiger partial charge in [0, 0.05) is 19.2 Å². The highest BCUT2D eigenvalue weighted by Gasteiger charge is 2.23. The molecule has 1 atom stereocenters. The summed E-state index contributed by atoms with van der Waals surface area (Å²) in [5, 5.41) is 0.237. The van der Waals surface area contributed by atoms with Gasteiger partial charge in [0.25, 0.3) is 5.56 Å². The van der Waals surface area contributed by atoms with Crippen LogP contribution in [-0.4, -0.2) is 45.1 Å². The normalized spacial score (nSPS) is 15.9. The summed E-state index contributed by atoms with van der Waals surface area (Å²) in [4.78, 5) is 48.7.